The minimum atomic E-state index is -0.534. The van der Waals surface area contributed by atoms with Crippen molar-refractivity contribution < 1.29 is 28.5 Å². The Labute approximate surface area is 177 Å². The van der Waals surface area contributed by atoms with Crippen LogP contribution >= 0.6 is 0 Å². The number of methoxy groups -OCH3 is 4. The minimum Gasteiger partial charge on any atom is -0.493 e. The van der Waals surface area contributed by atoms with Crippen molar-refractivity contribution in [3.05, 3.63) is 41.0 Å². The maximum absolute atomic E-state index is 13.3. The second-order valence-corrected chi connectivity index (χ2v) is 7.42. The molecule has 1 aliphatic rings. The smallest absolute Gasteiger partial charge is 0.234 e. The van der Waals surface area contributed by atoms with Crippen molar-refractivity contribution in [2.75, 3.05) is 35.5 Å². The third kappa shape index (κ3) is 3.72. The summed E-state index contributed by atoms with van der Waals surface area (Å²) in [6.07, 6.45) is -0.0343. The molecule has 0 bridgehead atoms. The van der Waals surface area contributed by atoms with Crippen molar-refractivity contribution in [1.29, 1.82) is 0 Å². The van der Waals surface area contributed by atoms with Gasteiger partial charge in [0.2, 0.25) is 11.7 Å². The van der Waals surface area contributed by atoms with E-state index in [4.69, 9.17) is 23.7 Å². The van der Waals surface area contributed by atoms with Crippen molar-refractivity contribution in [2.24, 2.45) is 0 Å². The minimum absolute atomic E-state index is 0.0163. The number of ether oxygens (including phenoxy) is 5. The number of carbonyl (C=O) groups excluding carboxylic acids is 1. The molecule has 1 amide bonds. The third-order valence-corrected chi connectivity index (χ3v) is 5.18. The van der Waals surface area contributed by atoms with Gasteiger partial charge in [0.15, 0.2) is 23.0 Å². The number of benzene rings is 2. The average Bonchev–Trinajstić information content (AvgIpc) is 2.73. The first-order chi connectivity index (χ1) is 14.4. The molecule has 0 N–H and O–H groups in total. The number of fused-ring (bicyclic) bond motifs is 1. The average molecular weight is 415 g/mol. The zero-order valence-electron chi connectivity index (χ0n) is 18.6. The summed E-state index contributed by atoms with van der Waals surface area (Å²) < 4.78 is 28.1. The van der Waals surface area contributed by atoms with Gasteiger partial charge < -0.3 is 28.6 Å². The Balaban J connectivity index is 2.24. The van der Waals surface area contributed by atoms with Gasteiger partial charge in [-0.3, -0.25) is 4.79 Å². The van der Waals surface area contributed by atoms with Crippen molar-refractivity contribution in [2.45, 2.75) is 32.4 Å². The van der Waals surface area contributed by atoms with Gasteiger partial charge in [-0.1, -0.05) is 6.07 Å². The predicted molar refractivity (Wildman–Crippen MR) is 113 cm³/mol. The summed E-state index contributed by atoms with van der Waals surface area (Å²) >= 11 is 0. The zero-order chi connectivity index (χ0) is 22.0. The molecule has 2 aromatic rings. The fourth-order valence-corrected chi connectivity index (χ4v) is 3.84. The first-order valence-corrected chi connectivity index (χ1v) is 9.77. The van der Waals surface area contributed by atoms with E-state index in [9.17, 15) is 4.79 Å². The molecule has 162 valence electrons. The van der Waals surface area contributed by atoms with Crippen molar-refractivity contribution in [1.82, 2.24) is 4.90 Å². The Morgan fingerprint density at radius 2 is 1.50 bits per heavy atom. The van der Waals surface area contributed by atoms with E-state index in [0.29, 0.717) is 35.3 Å². The van der Waals surface area contributed by atoms with E-state index < -0.39 is 5.92 Å². The molecule has 0 radical (unpaired) electrons. The van der Waals surface area contributed by atoms with E-state index in [0.717, 1.165) is 16.7 Å². The molecule has 7 nitrogen and oxygen atoms in total. The summed E-state index contributed by atoms with van der Waals surface area (Å²) in [5, 5.41) is 0. The van der Waals surface area contributed by atoms with Crippen LogP contribution in [0.4, 0.5) is 0 Å². The first kappa shape index (κ1) is 21.6. The van der Waals surface area contributed by atoms with Gasteiger partial charge in [-0.15, -0.1) is 0 Å². The molecule has 3 rings (SSSR count). The molecule has 1 aliphatic heterocycles. The second-order valence-electron chi connectivity index (χ2n) is 7.42. The molecule has 1 unspecified atom stereocenters. The Kier molecular flexibility index (Phi) is 6.29. The molecule has 7 heteroatoms. The maximum Gasteiger partial charge on any atom is 0.234 e. The van der Waals surface area contributed by atoms with Crippen LogP contribution < -0.4 is 23.7 Å². The monoisotopic (exact) mass is 415 g/mol. The van der Waals surface area contributed by atoms with Gasteiger partial charge in [0.25, 0.3) is 0 Å². The summed E-state index contributed by atoms with van der Waals surface area (Å²) in [5.74, 6) is 2.25. The fourth-order valence-electron chi connectivity index (χ4n) is 3.84. The van der Waals surface area contributed by atoms with Crippen LogP contribution in [0.15, 0.2) is 24.3 Å². The predicted octanol–water partition coefficient (Wildman–Crippen LogP) is 3.61. The van der Waals surface area contributed by atoms with Crippen molar-refractivity contribution in [3.63, 3.8) is 0 Å². The van der Waals surface area contributed by atoms with Crippen LogP contribution in [0.3, 0.4) is 0 Å². The van der Waals surface area contributed by atoms with E-state index in [1.807, 2.05) is 38.1 Å². The molecular weight excluding hydrogens is 386 g/mol. The number of hydrogen-bond acceptors (Lipinski definition) is 6. The number of nitrogens with zero attached hydrogens (tertiary/aromatic N) is 1. The number of likely N-dealkylation sites (N-methyl/N-ethyl adjacent to an activating group) is 1. The highest BCUT2D eigenvalue weighted by Gasteiger charge is 2.36. The topological polar surface area (TPSA) is 66.5 Å². The summed E-state index contributed by atoms with van der Waals surface area (Å²) in [6, 6.07) is 7.42. The normalized spacial score (nSPS) is 15.7. The Morgan fingerprint density at radius 3 is 2.00 bits per heavy atom. The molecule has 0 spiro atoms. The van der Waals surface area contributed by atoms with E-state index in [1.165, 1.54) is 0 Å². The zero-order valence-corrected chi connectivity index (χ0v) is 18.6. The van der Waals surface area contributed by atoms with E-state index in [2.05, 4.69) is 0 Å². The van der Waals surface area contributed by atoms with Gasteiger partial charge in [-0.2, -0.15) is 0 Å². The maximum atomic E-state index is 13.3. The Hall–Kier alpha value is -3.09. The van der Waals surface area contributed by atoms with Crippen LogP contribution in [-0.2, 0) is 11.3 Å². The van der Waals surface area contributed by atoms with Gasteiger partial charge in [0, 0.05) is 19.2 Å². The van der Waals surface area contributed by atoms with Gasteiger partial charge in [-0.25, -0.2) is 0 Å². The summed E-state index contributed by atoms with van der Waals surface area (Å²) in [7, 11) is 8.07. The highest BCUT2D eigenvalue weighted by molar-refractivity contribution is 5.90. The Morgan fingerprint density at radius 1 is 0.900 bits per heavy atom. The molecule has 1 heterocycles. The lowest BCUT2D eigenvalue weighted by molar-refractivity contribution is -0.132. The number of rotatable bonds is 7. The summed E-state index contributed by atoms with van der Waals surface area (Å²) in [4.78, 5) is 15.0. The van der Waals surface area contributed by atoms with Crippen LogP contribution in [0.25, 0.3) is 0 Å². The molecule has 0 saturated heterocycles. The van der Waals surface area contributed by atoms with Crippen LogP contribution in [0, 0.1) is 0 Å². The summed E-state index contributed by atoms with van der Waals surface area (Å²) in [5.41, 5.74) is 2.57. The molecule has 30 heavy (non-hydrogen) atoms. The second kappa shape index (κ2) is 8.73. The highest BCUT2D eigenvalue weighted by atomic mass is 16.5. The molecule has 0 aliphatic carbocycles. The SMILES string of the molecule is COc1cc(C2C(=O)N(C)Cc3c2ccc(OC)c3OC(C)C)cc(OC)c1OC. The van der Waals surface area contributed by atoms with Crippen LogP contribution in [0.2, 0.25) is 0 Å². The molecule has 0 fully saturated rings. The van der Waals surface area contributed by atoms with Gasteiger partial charge in [-0.05, 0) is 43.2 Å². The number of hydrogen-bond donors (Lipinski definition) is 0. The van der Waals surface area contributed by atoms with Crippen molar-refractivity contribution >= 4 is 5.91 Å². The Bertz CT molecular complexity index is 915. The standard InChI is InChI=1S/C23H29NO6/c1-13(2)30-21-16-12-24(3)23(25)20(15(16)8-9-17(21)26-4)14-10-18(27-5)22(29-7)19(11-14)28-6/h8-11,13,20H,12H2,1-7H3. The number of carbonyl (C=O) groups is 1. The fraction of sp³-hybridized carbons (Fsp3) is 0.435. The van der Waals surface area contributed by atoms with E-state index in [-0.39, 0.29) is 12.0 Å². The van der Waals surface area contributed by atoms with Crippen LogP contribution in [0.5, 0.6) is 28.7 Å². The quantitative estimate of drug-likeness (QED) is 0.688. The lowest BCUT2D eigenvalue weighted by Crippen LogP contribution is -2.37. The third-order valence-electron chi connectivity index (χ3n) is 5.18. The molecule has 0 aromatic heterocycles. The first-order valence-electron chi connectivity index (χ1n) is 9.77. The molecule has 2 aromatic carbocycles. The lowest BCUT2D eigenvalue weighted by atomic mass is 9.83. The van der Waals surface area contributed by atoms with Gasteiger partial charge in [0.1, 0.15) is 0 Å². The number of amides is 1. The van der Waals surface area contributed by atoms with E-state index in [1.54, 1.807) is 40.4 Å². The van der Waals surface area contributed by atoms with Gasteiger partial charge in [0.05, 0.1) is 40.5 Å². The van der Waals surface area contributed by atoms with Crippen LogP contribution in [-0.4, -0.2) is 52.4 Å². The van der Waals surface area contributed by atoms with Crippen molar-refractivity contribution in [3.8, 4) is 28.7 Å². The molecule has 0 saturated carbocycles. The largest absolute Gasteiger partial charge is 0.493 e. The lowest BCUT2D eigenvalue weighted by Gasteiger charge is -2.34. The molecule has 1 atom stereocenters. The van der Waals surface area contributed by atoms with Gasteiger partial charge >= 0.3 is 0 Å². The highest BCUT2D eigenvalue weighted by Crippen LogP contribution is 2.46. The summed E-state index contributed by atoms with van der Waals surface area (Å²) in [6.45, 7) is 4.37. The van der Waals surface area contributed by atoms with E-state index >= 15 is 0 Å². The molecular formula is C23H29NO6. The van der Waals surface area contributed by atoms with Crippen LogP contribution in [0.1, 0.15) is 36.5 Å².